The number of piperazine rings is 1. The molecule has 0 radical (unpaired) electrons. The molecule has 1 saturated heterocycles. The monoisotopic (exact) mass is 281 g/mol. The minimum Gasteiger partial charge on any atom is -0.453 e. The summed E-state index contributed by atoms with van der Waals surface area (Å²) < 4.78 is 17.6. The van der Waals surface area contributed by atoms with Gasteiger partial charge in [-0.05, 0) is 18.2 Å². The van der Waals surface area contributed by atoms with Crippen LogP contribution in [-0.4, -0.2) is 55.2 Å². The number of anilines is 1. The molecule has 0 saturated carbocycles. The fourth-order valence-corrected chi connectivity index (χ4v) is 1.99. The molecule has 0 aliphatic carbocycles. The van der Waals surface area contributed by atoms with Crippen molar-refractivity contribution < 1.29 is 18.7 Å². The Morgan fingerprint density at radius 1 is 1.20 bits per heavy atom. The first-order valence-electron chi connectivity index (χ1n) is 6.24. The largest absolute Gasteiger partial charge is 0.453 e. The van der Waals surface area contributed by atoms with Gasteiger partial charge in [-0.2, -0.15) is 0 Å². The molecule has 7 heteroatoms. The summed E-state index contributed by atoms with van der Waals surface area (Å²) in [6, 6.07) is 5.40. The Hall–Kier alpha value is -2.31. The van der Waals surface area contributed by atoms with Gasteiger partial charge in [-0.1, -0.05) is 6.07 Å². The lowest BCUT2D eigenvalue weighted by molar-refractivity contribution is 0.0992. The summed E-state index contributed by atoms with van der Waals surface area (Å²) in [7, 11) is 1.32. The first-order valence-corrected chi connectivity index (χ1v) is 6.24. The molecule has 2 rings (SSSR count). The number of methoxy groups -OCH3 is 1. The standard InChI is InChI=1S/C13H16FN3O3/c1-20-13(19)17-7-5-16(6-8-17)12(18)15-11-4-2-3-10(14)9-11/h2-4,9H,5-8H2,1H3,(H,15,18). The van der Waals surface area contributed by atoms with Crippen LogP contribution in [0.15, 0.2) is 24.3 Å². The zero-order chi connectivity index (χ0) is 14.5. The second kappa shape index (κ2) is 6.23. The number of ether oxygens (including phenoxy) is 1. The average Bonchev–Trinajstić information content (AvgIpc) is 2.46. The van der Waals surface area contributed by atoms with Gasteiger partial charge in [0.1, 0.15) is 5.82 Å². The minimum absolute atomic E-state index is 0.305. The van der Waals surface area contributed by atoms with Crippen molar-refractivity contribution in [2.45, 2.75) is 0 Å². The number of rotatable bonds is 1. The maximum absolute atomic E-state index is 13.0. The van der Waals surface area contributed by atoms with E-state index in [1.54, 1.807) is 11.0 Å². The summed E-state index contributed by atoms with van der Waals surface area (Å²) in [6.07, 6.45) is -0.393. The first-order chi connectivity index (χ1) is 9.60. The van der Waals surface area contributed by atoms with Crippen molar-refractivity contribution in [1.29, 1.82) is 0 Å². The lowest BCUT2D eigenvalue weighted by atomic mass is 10.3. The molecule has 0 bridgehead atoms. The minimum atomic E-state index is -0.404. The number of halogens is 1. The highest BCUT2D eigenvalue weighted by Gasteiger charge is 2.24. The van der Waals surface area contributed by atoms with E-state index in [1.165, 1.54) is 30.2 Å². The number of urea groups is 1. The summed E-state index contributed by atoms with van der Waals surface area (Å²) in [5.41, 5.74) is 0.408. The van der Waals surface area contributed by atoms with E-state index in [9.17, 15) is 14.0 Å². The summed E-state index contributed by atoms with van der Waals surface area (Å²) in [4.78, 5) is 26.4. The van der Waals surface area contributed by atoms with Crippen LogP contribution in [-0.2, 0) is 4.74 Å². The van der Waals surface area contributed by atoms with Gasteiger partial charge in [-0.3, -0.25) is 0 Å². The maximum atomic E-state index is 13.0. The molecule has 0 atom stereocenters. The van der Waals surface area contributed by atoms with E-state index in [0.29, 0.717) is 31.9 Å². The van der Waals surface area contributed by atoms with Crippen LogP contribution in [0, 0.1) is 5.82 Å². The zero-order valence-corrected chi connectivity index (χ0v) is 11.1. The van der Waals surface area contributed by atoms with Crippen molar-refractivity contribution >= 4 is 17.8 Å². The quantitative estimate of drug-likeness (QED) is 0.853. The van der Waals surface area contributed by atoms with Gasteiger partial charge < -0.3 is 19.9 Å². The van der Waals surface area contributed by atoms with Crippen molar-refractivity contribution in [2.75, 3.05) is 38.6 Å². The molecule has 1 aromatic carbocycles. The van der Waals surface area contributed by atoms with E-state index in [0.717, 1.165) is 0 Å². The number of amides is 3. The van der Waals surface area contributed by atoms with E-state index in [1.807, 2.05) is 0 Å². The topological polar surface area (TPSA) is 61.9 Å². The van der Waals surface area contributed by atoms with E-state index >= 15 is 0 Å². The van der Waals surface area contributed by atoms with Crippen LogP contribution in [0.25, 0.3) is 0 Å². The highest BCUT2D eigenvalue weighted by molar-refractivity contribution is 5.89. The van der Waals surface area contributed by atoms with Crippen LogP contribution in [0.4, 0.5) is 19.7 Å². The highest BCUT2D eigenvalue weighted by Crippen LogP contribution is 2.11. The Morgan fingerprint density at radius 3 is 2.45 bits per heavy atom. The van der Waals surface area contributed by atoms with Gasteiger partial charge in [0.25, 0.3) is 0 Å². The van der Waals surface area contributed by atoms with Crippen LogP contribution in [0.2, 0.25) is 0 Å². The Labute approximate surface area is 116 Å². The number of carbonyl (C=O) groups excluding carboxylic acids is 2. The predicted octanol–water partition coefficient (Wildman–Crippen LogP) is 1.74. The molecule has 0 spiro atoms. The average molecular weight is 281 g/mol. The van der Waals surface area contributed by atoms with Gasteiger partial charge in [-0.25, -0.2) is 14.0 Å². The molecule has 20 heavy (non-hydrogen) atoms. The normalized spacial score (nSPS) is 14.9. The second-order valence-corrected chi connectivity index (χ2v) is 4.38. The van der Waals surface area contributed by atoms with Gasteiger partial charge in [-0.15, -0.1) is 0 Å². The second-order valence-electron chi connectivity index (χ2n) is 4.38. The third kappa shape index (κ3) is 3.37. The predicted molar refractivity (Wildman–Crippen MR) is 71.0 cm³/mol. The van der Waals surface area contributed by atoms with Gasteiger partial charge in [0.2, 0.25) is 0 Å². The van der Waals surface area contributed by atoms with Crippen molar-refractivity contribution in [3.63, 3.8) is 0 Å². The third-order valence-corrected chi connectivity index (χ3v) is 3.08. The number of carbonyl (C=O) groups is 2. The third-order valence-electron chi connectivity index (χ3n) is 3.08. The van der Waals surface area contributed by atoms with E-state index in [-0.39, 0.29) is 6.03 Å². The van der Waals surface area contributed by atoms with Crippen LogP contribution < -0.4 is 5.32 Å². The smallest absolute Gasteiger partial charge is 0.409 e. The van der Waals surface area contributed by atoms with E-state index < -0.39 is 11.9 Å². The number of nitrogens with one attached hydrogen (secondary N) is 1. The summed E-state index contributed by atoms with van der Waals surface area (Å²) in [5.74, 6) is -0.404. The van der Waals surface area contributed by atoms with Crippen molar-refractivity contribution in [3.05, 3.63) is 30.1 Å². The summed E-state index contributed by atoms with van der Waals surface area (Å²) in [5, 5.41) is 2.62. The number of benzene rings is 1. The Bertz CT molecular complexity index is 501. The molecule has 3 amide bonds. The van der Waals surface area contributed by atoms with Gasteiger partial charge in [0.15, 0.2) is 0 Å². The molecule has 108 valence electrons. The van der Waals surface area contributed by atoms with Crippen LogP contribution >= 0.6 is 0 Å². The number of hydrogen-bond donors (Lipinski definition) is 1. The van der Waals surface area contributed by atoms with Crippen LogP contribution in [0.5, 0.6) is 0 Å². The van der Waals surface area contributed by atoms with Gasteiger partial charge in [0.05, 0.1) is 7.11 Å². The number of hydrogen-bond acceptors (Lipinski definition) is 3. The van der Waals surface area contributed by atoms with Gasteiger partial charge >= 0.3 is 12.1 Å². The fourth-order valence-electron chi connectivity index (χ4n) is 1.99. The van der Waals surface area contributed by atoms with Crippen molar-refractivity contribution in [3.8, 4) is 0 Å². The molecule has 1 aromatic rings. The Kier molecular flexibility index (Phi) is 4.39. The lowest BCUT2D eigenvalue weighted by Crippen LogP contribution is -2.51. The summed E-state index contributed by atoms with van der Waals surface area (Å²) >= 11 is 0. The van der Waals surface area contributed by atoms with Crippen LogP contribution in [0.3, 0.4) is 0 Å². The molecule has 1 aliphatic heterocycles. The van der Waals surface area contributed by atoms with Crippen molar-refractivity contribution in [1.82, 2.24) is 9.80 Å². The highest BCUT2D eigenvalue weighted by atomic mass is 19.1. The van der Waals surface area contributed by atoms with Gasteiger partial charge in [0, 0.05) is 31.9 Å². The Morgan fingerprint density at radius 2 is 1.85 bits per heavy atom. The molecule has 0 unspecified atom stereocenters. The fraction of sp³-hybridized carbons (Fsp3) is 0.385. The lowest BCUT2D eigenvalue weighted by Gasteiger charge is -2.33. The number of nitrogens with zero attached hydrogens (tertiary/aromatic N) is 2. The summed E-state index contributed by atoms with van der Waals surface area (Å²) in [6.45, 7) is 1.67. The molecule has 1 N–H and O–H groups in total. The molecule has 0 aromatic heterocycles. The molecule has 1 aliphatic rings. The SMILES string of the molecule is COC(=O)N1CCN(C(=O)Nc2cccc(F)c2)CC1. The van der Waals surface area contributed by atoms with Crippen molar-refractivity contribution in [2.24, 2.45) is 0 Å². The molecular weight excluding hydrogens is 265 g/mol. The first kappa shape index (κ1) is 14.1. The molecular formula is C13H16FN3O3. The molecule has 6 nitrogen and oxygen atoms in total. The molecule has 1 fully saturated rings. The Balaban J connectivity index is 1.87. The van der Waals surface area contributed by atoms with Crippen LogP contribution in [0.1, 0.15) is 0 Å². The van der Waals surface area contributed by atoms with E-state index in [2.05, 4.69) is 10.1 Å². The van der Waals surface area contributed by atoms with E-state index in [4.69, 9.17) is 0 Å². The molecule has 1 heterocycles. The maximum Gasteiger partial charge on any atom is 0.409 e. The zero-order valence-electron chi connectivity index (χ0n) is 11.1.